The molecule has 0 radical (unpaired) electrons. The maximum absolute atomic E-state index is 5.66. The lowest BCUT2D eigenvalue weighted by atomic mass is 9.98. The van der Waals surface area contributed by atoms with Crippen molar-refractivity contribution in [2.45, 2.75) is 19.4 Å². The summed E-state index contributed by atoms with van der Waals surface area (Å²) >= 11 is 5.66. The first-order chi connectivity index (χ1) is 9.33. The van der Waals surface area contributed by atoms with Gasteiger partial charge >= 0.3 is 0 Å². The van der Waals surface area contributed by atoms with E-state index >= 15 is 0 Å². The fourth-order valence-electron chi connectivity index (χ4n) is 2.84. The van der Waals surface area contributed by atoms with Crippen molar-refractivity contribution in [2.24, 2.45) is 0 Å². The zero-order valence-electron chi connectivity index (χ0n) is 11.0. The molecule has 19 heavy (non-hydrogen) atoms. The van der Waals surface area contributed by atoms with Crippen LogP contribution in [0.25, 0.3) is 0 Å². The molecular weight excluding hydrogens is 250 g/mol. The molecule has 1 aliphatic rings. The van der Waals surface area contributed by atoms with Crippen molar-refractivity contribution in [1.82, 2.24) is 4.90 Å². The van der Waals surface area contributed by atoms with Crippen molar-refractivity contribution < 1.29 is 0 Å². The summed E-state index contributed by atoms with van der Waals surface area (Å²) in [5.74, 6) is 0. The molecule has 0 amide bonds. The minimum Gasteiger partial charge on any atom is -0.351 e. The minimum atomic E-state index is 0.282. The first-order valence-corrected chi connectivity index (χ1v) is 7.18. The summed E-state index contributed by atoms with van der Waals surface area (Å²) < 4.78 is 0. The zero-order chi connectivity index (χ0) is 13.2. The van der Waals surface area contributed by atoms with E-state index in [0.29, 0.717) is 0 Å². The lowest BCUT2D eigenvalue weighted by Crippen LogP contribution is -2.28. The fraction of sp³-hybridized carbons (Fsp3) is 0.235. The van der Waals surface area contributed by atoms with E-state index in [-0.39, 0.29) is 6.04 Å². The van der Waals surface area contributed by atoms with Crippen LogP contribution in [0.5, 0.6) is 0 Å². The number of hydrogen-bond acceptors (Lipinski definition) is 1. The van der Waals surface area contributed by atoms with Crippen LogP contribution in [0.3, 0.4) is 0 Å². The molecule has 0 spiro atoms. The van der Waals surface area contributed by atoms with Gasteiger partial charge in [0.15, 0.2) is 0 Å². The van der Waals surface area contributed by atoms with Crippen molar-refractivity contribution in [3.8, 4) is 0 Å². The molecule has 96 valence electrons. The summed E-state index contributed by atoms with van der Waals surface area (Å²) in [6.07, 6.45) is 1.11. The summed E-state index contributed by atoms with van der Waals surface area (Å²) in [5, 5.41) is 0. The number of rotatable bonds is 3. The van der Waals surface area contributed by atoms with Gasteiger partial charge in [-0.15, -0.1) is 0 Å². The maximum atomic E-state index is 5.66. The smallest absolute Gasteiger partial charge is 0.110 e. The minimum absolute atomic E-state index is 0.282. The molecule has 1 heterocycles. The van der Waals surface area contributed by atoms with E-state index in [9.17, 15) is 0 Å². The topological polar surface area (TPSA) is 3.24 Å². The lowest BCUT2D eigenvalue weighted by molar-refractivity contribution is 0.379. The van der Waals surface area contributed by atoms with E-state index in [1.54, 1.807) is 0 Å². The molecule has 1 nitrogen and oxygen atoms in total. The SMILES string of the molecule is CCCN1C(=S)c2ccccc2[C@@H]1c1ccccc1. The van der Waals surface area contributed by atoms with Crippen LogP contribution in [0, 0.1) is 0 Å². The highest BCUT2D eigenvalue weighted by Gasteiger charge is 2.33. The van der Waals surface area contributed by atoms with E-state index in [4.69, 9.17) is 12.2 Å². The fourth-order valence-corrected chi connectivity index (χ4v) is 3.22. The van der Waals surface area contributed by atoms with Crippen molar-refractivity contribution >= 4 is 17.2 Å². The van der Waals surface area contributed by atoms with Crippen LogP contribution in [-0.2, 0) is 0 Å². The molecule has 1 aliphatic heterocycles. The Balaban J connectivity index is 2.11. The van der Waals surface area contributed by atoms with Gasteiger partial charge in [-0.3, -0.25) is 0 Å². The van der Waals surface area contributed by atoms with Crippen LogP contribution in [0.15, 0.2) is 54.6 Å². The predicted octanol–water partition coefficient (Wildman–Crippen LogP) is 4.18. The Labute approximate surface area is 119 Å². The third kappa shape index (κ3) is 2.06. The van der Waals surface area contributed by atoms with Gasteiger partial charge in [-0.2, -0.15) is 0 Å². The standard InChI is InChI=1S/C17H17NS/c1-2-12-18-16(13-8-4-3-5-9-13)14-10-6-7-11-15(14)17(18)19/h3-11,16H,2,12H2,1H3/t16-/m0/s1. The van der Waals surface area contributed by atoms with E-state index < -0.39 is 0 Å². The van der Waals surface area contributed by atoms with Crippen LogP contribution in [0.2, 0.25) is 0 Å². The Morgan fingerprint density at radius 1 is 1.00 bits per heavy atom. The highest BCUT2D eigenvalue weighted by Crippen LogP contribution is 2.38. The third-order valence-electron chi connectivity index (χ3n) is 3.64. The molecule has 2 heteroatoms. The highest BCUT2D eigenvalue weighted by atomic mass is 32.1. The van der Waals surface area contributed by atoms with E-state index in [0.717, 1.165) is 18.0 Å². The van der Waals surface area contributed by atoms with Crippen molar-refractivity contribution in [3.63, 3.8) is 0 Å². The van der Waals surface area contributed by atoms with Gasteiger partial charge in [-0.25, -0.2) is 0 Å². The van der Waals surface area contributed by atoms with Crippen LogP contribution < -0.4 is 0 Å². The number of benzene rings is 2. The molecule has 0 saturated heterocycles. The molecule has 1 atom stereocenters. The van der Waals surface area contributed by atoms with Crippen LogP contribution in [-0.4, -0.2) is 16.4 Å². The Bertz CT molecular complexity index is 591. The lowest BCUT2D eigenvalue weighted by Gasteiger charge is -2.27. The van der Waals surface area contributed by atoms with Gasteiger partial charge in [0, 0.05) is 12.1 Å². The Hall–Kier alpha value is -1.67. The number of thiocarbonyl (C=S) groups is 1. The first kappa shape index (κ1) is 12.4. The molecular formula is C17H17NS. The van der Waals surface area contributed by atoms with Crippen LogP contribution >= 0.6 is 12.2 Å². The normalized spacial score (nSPS) is 17.6. The number of nitrogens with zero attached hydrogens (tertiary/aromatic N) is 1. The second-order valence-corrected chi connectivity index (χ2v) is 5.29. The molecule has 0 bridgehead atoms. The molecule has 0 aliphatic carbocycles. The van der Waals surface area contributed by atoms with Gasteiger partial charge in [-0.05, 0) is 17.5 Å². The van der Waals surface area contributed by atoms with Crippen molar-refractivity contribution in [1.29, 1.82) is 0 Å². The Morgan fingerprint density at radius 3 is 2.42 bits per heavy atom. The summed E-state index contributed by atoms with van der Waals surface area (Å²) in [5.41, 5.74) is 3.88. The van der Waals surface area contributed by atoms with Crippen molar-refractivity contribution in [2.75, 3.05) is 6.54 Å². The van der Waals surface area contributed by atoms with Gasteiger partial charge in [0.1, 0.15) is 4.99 Å². The molecule has 0 N–H and O–H groups in total. The summed E-state index contributed by atoms with van der Waals surface area (Å²) in [6, 6.07) is 19.5. The molecule has 2 aromatic carbocycles. The van der Waals surface area contributed by atoms with Crippen LogP contribution in [0.4, 0.5) is 0 Å². The Kier molecular flexibility index (Phi) is 3.34. The van der Waals surface area contributed by atoms with Gasteiger partial charge in [-0.1, -0.05) is 73.7 Å². The highest BCUT2D eigenvalue weighted by molar-refractivity contribution is 7.80. The third-order valence-corrected chi connectivity index (χ3v) is 4.09. The predicted molar refractivity (Wildman–Crippen MR) is 83.4 cm³/mol. The average molecular weight is 267 g/mol. The average Bonchev–Trinajstić information content (AvgIpc) is 2.74. The number of hydrogen-bond donors (Lipinski definition) is 0. The molecule has 0 saturated carbocycles. The summed E-state index contributed by atoms with van der Waals surface area (Å²) in [4.78, 5) is 3.35. The molecule has 3 rings (SSSR count). The second-order valence-electron chi connectivity index (χ2n) is 4.90. The summed E-state index contributed by atoms with van der Waals surface area (Å²) in [6.45, 7) is 3.21. The zero-order valence-corrected chi connectivity index (χ0v) is 11.9. The molecule has 0 aromatic heterocycles. The largest absolute Gasteiger partial charge is 0.351 e. The molecule has 2 aromatic rings. The van der Waals surface area contributed by atoms with Crippen LogP contribution in [0.1, 0.15) is 36.1 Å². The van der Waals surface area contributed by atoms with E-state index in [1.807, 2.05) is 0 Å². The molecule has 0 unspecified atom stereocenters. The van der Waals surface area contributed by atoms with Gasteiger partial charge in [0.2, 0.25) is 0 Å². The van der Waals surface area contributed by atoms with E-state index in [2.05, 4.69) is 66.4 Å². The second kappa shape index (κ2) is 5.14. The van der Waals surface area contributed by atoms with Gasteiger partial charge < -0.3 is 4.90 Å². The van der Waals surface area contributed by atoms with E-state index in [1.165, 1.54) is 16.7 Å². The molecule has 0 fully saturated rings. The number of fused-ring (bicyclic) bond motifs is 1. The van der Waals surface area contributed by atoms with Crippen molar-refractivity contribution in [3.05, 3.63) is 71.3 Å². The first-order valence-electron chi connectivity index (χ1n) is 6.77. The quantitative estimate of drug-likeness (QED) is 0.768. The van der Waals surface area contributed by atoms with Gasteiger partial charge in [0.05, 0.1) is 6.04 Å². The maximum Gasteiger partial charge on any atom is 0.110 e. The van der Waals surface area contributed by atoms with Gasteiger partial charge in [0.25, 0.3) is 0 Å². The summed E-state index contributed by atoms with van der Waals surface area (Å²) in [7, 11) is 0. The Morgan fingerprint density at radius 2 is 1.68 bits per heavy atom. The monoisotopic (exact) mass is 267 g/mol.